The number of ether oxygens (including phenoxy) is 1. The molecule has 0 aliphatic carbocycles. The number of hydrogen-bond acceptors (Lipinski definition) is 5. The Balaban J connectivity index is 2.07. The second kappa shape index (κ2) is 7.99. The van der Waals surface area contributed by atoms with Gasteiger partial charge in [-0.3, -0.25) is 9.59 Å². The summed E-state index contributed by atoms with van der Waals surface area (Å²) in [7, 11) is 0. The normalized spacial score (nSPS) is 11.2. The molecule has 0 saturated heterocycles. The van der Waals surface area contributed by atoms with E-state index in [-0.39, 0.29) is 17.7 Å². The highest BCUT2D eigenvalue weighted by Crippen LogP contribution is 2.19. The Morgan fingerprint density at radius 2 is 1.58 bits per heavy atom. The van der Waals surface area contributed by atoms with E-state index in [9.17, 15) is 14.4 Å². The van der Waals surface area contributed by atoms with Crippen LogP contribution in [-0.2, 0) is 9.59 Å². The fourth-order valence-corrected chi connectivity index (χ4v) is 2.27. The Kier molecular flexibility index (Phi) is 5.77. The van der Waals surface area contributed by atoms with E-state index < -0.39 is 0 Å². The van der Waals surface area contributed by atoms with Crippen LogP contribution in [0.2, 0.25) is 0 Å². The summed E-state index contributed by atoms with van der Waals surface area (Å²) >= 11 is 0. The van der Waals surface area contributed by atoms with Crippen LogP contribution < -0.4 is 4.74 Å². The Bertz CT molecular complexity index is 772. The standard InChI is InChI=1S/C19H17NO4/c1-13(22)11-14(2)24-18-9-5-16(6-10-18)19(23)15-3-7-17(8-4-15)20-12-21/h3-10,14H,11H2,1-2H3. The lowest BCUT2D eigenvalue weighted by Crippen LogP contribution is -2.15. The Hall–Kier alpha value is -3.04. The van der Waals surface area contributed by atoms with Gasteiger partial charge in [0, 0.05) is 17.5 Å². The first-order chi connectivity index (χ1) is 11.5. The lowest BCUT2D eigenvalue weighted by atomic mass is 10.0. The maximum Gasteiger partial charge on any atom is 0.240 e. The van der Waals surface area contributed by atoms with E-state index in [4.69, 9.17) is 4.74 Å². The molecule has 122 valence electrons. The van der Waals surface area contributed by atoms with Crippen LogP contribution in [0, 0.1) is 0 Å². The third-order valence-corrected chi connectivity index (χ3v) is 3.33. The number of nitrogens with zero attached hydrogens (tertiary/aromatic N) is 1. The van der Waals surface area contributed by atoms with Gasteiger partial charge >= 0.3 is 0 Å². The minimum atomic E-state index is -0.213. The fraction of sp³-hybridized carbons (Fsp3) is 0.211. The number of benzene rings is 2. The molecule has 0 amide bonds. The maximum absolute atomic E-state index is 12.4. The quantitative estimate of drug-likeness (QED) is 0.443. The van der Waals surface area contributed by atoms with E-state index in [1.807, 2.05) is 6.92 Å². The van der Waals surface area contributed by atoms with Gasteiger partial charge in [-0.05, 0) is 62.4 Å². The smallest absolute Gasteiger partial charge is 0.240 e. The SMILES string of the molecule is CC(=O)CC(C)Oc1ccc(C(=O)c2ccc(N=C=O)cc2)cc1. The molecule has 5 nitrogen and oxygen atoms in total. The molecule has 0 bridgehead atoms. The summed E-state index contributed by atoms with van der Waals surface area (Å²) in [5.74, 6) is 0.535. The highest BCUT2D eigenvalue weighted by atomic mass is 16.5. The highest BCUT2D eigenvalue weighted by Gasteiger charge is 2.11. The van der Waals surface area contributed by atoms with Gasteiger partial charge < -0.3 is 4.74 Å². The molecule has 2 aromatic rings. The molecule has 0 spiro atoms. The topological polar surface area (TPSA) is 72.8 Å². The summed E-state index contributed by atoms with van der Waals surface area (Å²) < 4.78 is 5.63. The molecular formula is C19H17NO4. The average Bonchev–Trinajstić information content (AvgIpc) is 2.55. The van der Waals surface area contributed by atoms with Crippen molar-refractivity contribution in [3.63, 3.8) is 0 Å². The number of isocyanates is 1. The first-order valence-electron chi connectivity index (χ1n) is 7.48. The van der Waals surface area contributed by atoms with Crippen LogP contribution in [0.1, 0.15) is 36.2 Å². The number of carbonyl (C=O) groups is 2. The molecule has 0 aliphatic rings. The van der Waals surface area contributed by atoms with E-state index in [1.165, 1.54) is 13.0 Å². The Morgan fingerprint density at radius 1 is 1.04 bits per heavy atom. The van der Waals surface area contributed by atoms with Crippen LogP contribution in [0.15, 0.2) is 53.5 Å². The van der Waals surface area contributed by atoms with E-state index in [1.54, 1.807) is 48.5 Å². The highest BCUT2D eigenvalue weighted by molar-refractivity contribution is 6.09. The monoisotopic (exact) mass is 323 g/mol. The lowest BCUT2D eigenvalue weighted by molar-refractivity contribution is -0.118. The van der Waals surface area contributed by atoms with Crippen LogP contribution in [0.25, 0.3) is 0 Å². The van der Waals surface area contributed by atoms with Crippen molar-refractivity contribution in [1.29, 1.82) is 0 Å². The van der Waals surface area contributed by atoms with Crippen LogP contribution in [0.4, 0.5) is 5.69 Å². The zero-order valence-corrected chi connectivity index (χ0v) is 13.5. The van der Waals surface area contributed by atoms with Crippen LogP contribution >= 0.6 is 0 Å². The van der Waals surface area contributed by atoms with Crippen molar-refractivity contribution in [1.82, 2.24) is 0 Å². The maximum atomic E-state index is 12.4. The lowest BCUT2D eigenvalue weighted by Gasteiger charge is -2.13. The van der Waals surface area contributed by atoms with Crippen molar-refractivity contribution in [3.05, 3.63) is 59.7 Å². The number of hydrogen-bond donors (Lipinski definition) is 0. The van der Waals surface area contributed by atoms with Gasteiger partial charge in [0.25, 0.3) is 0 Å². The molecule has 2 aromatic carbocycles. The number of aliphatic imine (C=N–C) groups is 1. The van der Waals surface area contributed by atoms with Crippen molar-refractivity contribution in [2.45, 2.75) is 26.4 Å². The van der Waals surface area contributed by atoms with Gasteiger partial charge in [0.15, 0.2) is 5.78 Å². The molecular weight excluding hydrogens is 306 g/mol. The van der Waals surface area contributed by atoms with Crippen LogP contribution in [-0.4, -0.2) is 23.8 Å². The summed E-state index contributed by atoms with van der Waals surface area (Å²) in [6.07, 6.45) is 1.58. The zero-order valence-electron chi connectivity index (χ0n) is 13.5. The molecule has 5 heteroatoms. The molecule has 24 heavy (non-hydrogen) atoms. The Morgan fingerprint density at radius 3 is 2.08 bits per heavy atom. The number of rotatable bonds is 7. The molecule has 2 rings (SSSR count). The van der Waals surface area contributed by atoms with Crippen molar-refractivity contribution < 1.29 is 19.1 Å². The fourth-order valence-electron chi connectivity index (χ4n) is 2.27. The zero-order chi connectivity index (χ0) is 17.5. The number of carbonyl (C=O) groups excluding carboxylic acids is 3. The number of Topliss-reactive ketones (excluding diaryl/α,β-unsaturated/α-hetero) is 1. The molecule has 0 fully saturated rings. The minimum Gasteiger partial charge on any atom is -0.490 e. The van der Waals surface area contributed by atoms with Gasteiger partial charge in [-0.1, -0.05) is 0 Å². The summed E-state index contributed by atoms with van der Waals surface area (Å²) in [5.41, 5.74) is 1.47. The molecule has 0 N–H and O–H groups in total. The molecule has 0 saturated carbocycles. The van der Waals surface area contributed by atoms with Crippen molar-refractivity contribution in [2.75, 3.05) is 0 Å². The predicted molar refractivity (Wildman–Crippen MR) is 89.5 cm³/mol. The van der Waals surface area contributed by atoms with Gasteiger partial charge in [-0.25, -0.2) is 4.79 Å². The van der Waals surface area contributed by atoms with Crippen molar-refractivity contribution in [3.8, 4) is 5.75 Å². The van der Waals surface area contributed by atoms with E-state index in [0.717, 1.165) is 0 Å². The van der Waals surface area contributed by atoms with Gasteiger partial charge in [0.05, 0.1) is 5.69 Å². The third kappa shape index (κ3) is 4.73. The molecule has 0 heterocycles. The van der Waals surface area contributed by atoms with E-state index in [2.05, 4.69) is 4.99 Å². The second-order valence-corrected chi connectivity index (χ2v) is 5.44. The Labute approximate surface area is 140 Å². The summed E-state index contributed by atoms with van der Waals surface area (Å²) in [5, 5.41) is 0. The molecule has 0 radical (unpaired) electrons. The largest absolute Gasteiger partial charge is 0.490 e. The first kappa shape index (κ1) is 17.3. The van der Waals surface area contributed by atoms with E-state index >= 15 is 0 Å². The van der Waals surface area contributed by atoms with Gasteiger partial charge in [0.1, 0.15) is 17.6 Å². The van der Waals surface area contributed by atoms with Crippen molar-refractivity contribution in [2.24, 2.45) is 4.99 Å². The van der Waals surface area contributed by atoms with Gasteiger partial charge in [-0.15, -0.1) is 0 Å². The molecule has 1 unspecified atom stereocenters. The third-order valence-electron chi connectivity index (χ3n) is 3.33. The summed E-state index contributed by atoms with van der Waals surface area (Å²) in [6.45, 7) is 3.34. The molecule has 0 aliphatic heterocycles. The second-order valence-electron chi connectivity index (χ2n) is 5.44. The van der Waals surface area contributed by atoms with Gasteiger partial charge in [-0.2, -0.15) is 4.99 Å². The summed E-state index contributed by atoms with van der Waals surface area (Å²) in [4.78, 5) is 37.1. The van der Waals surface area contributed by atoms with Gasteiger partial charge in [0.2, 0.25) is 6.08 Å². The first-order valence-corrected chi connectivity index (χ1v) is 7.48. The average molecular weight is 323 g/mol. The van der Waals surface area contributed by atoms with Crippen molar-refractivity contribution >= 4 is 23.3 Å². The van der Waals surface area contributed by atoms with E-state index in [0.29, 0.717) is 29.0 Å². The summed E-state index contributed by atoms with van der Waals surface area (Å²) in [6, 6.07) is 13.1. The predicted octanol–water partition coefficient (Wildman–Crippen LogP) is 3.63. The molecule has 0 aromatic heterocycles. The van der Waals surface area contributed by atoms with Crippen LogP contribution in [0.5, 0.6) is 5.75 Å². The van der Waals surface area contributed by atoms with Crippen LogP contribution in [0.3, 0.4) is 0 Å². The number of ketones is 2. The minimum absolute atomic E-state index is 0.0664. The molecule has 1 atom stereocenters.